The molecule has 1 saturated heterocycles. The number of rotatable bonds is 6. The zero-order valence-electron chi connectivity index (χ0n) is 10.9. The van der Waals surface area contributed by atoms with Gasteiger partial charge in [-0.25, -0.2) is 4.98 Å². The van der Waals surface area contributed by atoms with E-state index in [1.807, 2.05) is 6.92 Å². The Labute approximate surface area is 111 Å². The minimum Gasteiger partial charge on any atom is -0.379 e. The minimum absolute atomic E-state index is 0.0371. The van der Waals surface area contributed by atoms with Crippen molar-refractivity contribution in [1.29, 1.82) is 0 Å². The summed E-state index contributed by atoms with van der Waals surface area (Å²) < 4.78 is 5.26. The summed E-state index contributed by atoms with van der Waals surface area (Å²) in [6.07, 6.45) is 1.83. The van der Waals surface area contributed by atoms with Crippen LogP contribution in [0.4, 0.5) is 17.3 Å². The second-order valence-corrected chi connectivity index (χ2v) is 4.48. The van der Waals surface area contributed by atoms with Crippen molar-refractivity contribution < 1.29 is 9.66 Å². The fourth-order valence-corrected chi connectivity index (χ4v) is 1.90. The third-order valence-corrected chi connectivity index (χ3v) is 2.86. The van der Waals surface area contributed by atoms with Gasteiger partial charge in [0.25, 0.3) is 5.69 Å². The van der Waals surface area contributed by atoms with Gasteiger partial charge in [-0.05, 0) is 12.8 Å². The van der Waals surface area contributed by atoms with Crippen LogP contribution in [0.1, 0.15) is 19.8 Å². The smallest absolute Gasteiger partial charge is 0.276 e. The normalized spacial score (nSPS) is 18.3. The predicted molar refractivity (Wildman–Crippen MR) is 72.5 cm³/mol. The summed E-state index contributed by atoms with van der Waals surface area (Å²) in [5, 5.41) is 17.2. The number of nitro groups is 1. The van der Waals surface area contributed by atoms with Gasteiger partial charge in [0.05, 0.1) is 29.7 Å². The molecule has 0 saturated carbocycles. The van der Waals surface area contributed by atoms with Crippen molar-refractivity contribution >= 4 is 17.3 Å². The van der Waals surface area contributed by atoms with Crippen LogP contribution in [0.3, 0.4) is 0 Å². The van der Waals surface area contributed by atoms with Gasteiger partial charge in [-0.1, -0.05) is 6.92 Å². The summed E-state index contributed by atoms with van der Waals surface area (Å²) >= 11 is 0. The summed E-state index contributed by atoms with van der Waals surface area (Å²) in [5.74, 6) is 1.04. The molecule has 7 heteroatoms. The molecule has 0 aliphatic carbocycles. The molecule has 0 spiro atoms. The van der Waals surface area contributed by atoms with Gasteiger partial charge in [-0.2, -0.15) is 0 Å². The predicted octanol–water partition coefficient (Wildman–Crippen LogP) is 2.01. The lowest BCUT2D eigenvalue weighted by molar-refractivity contribution is -0.384. The first-order valence-corrected chi connectivity index (χ1v) is 6.43. The van der Waals surface area contributed by atoms with Crippen molar-refractivity contribution in [2.45, 2.75) is 25.8 Å². The maximum atomic E-state index is 10.9. The van der Waals surface area contributed by atoms with Crippen LogP contribution in [0.2, 0.25) is 0 Å². The Morgan fingerprint density at radius 1 is 1.53 bits per heavy atom. The molecule has 1 aliphatic rings. The van der Waals surface area contributed by atoms with Crippen molar-refractivity contribution in [2.75, 3.05) is 30.4 Å². The minimum atomic E-state index is -0.408. The topological polar surface area (TPSA) is 89.3 Å². The fraction of sp³-hybridized carbons (Fsp3) is 0.583. The maximum Gasteiger partial charge on any atom is 0.276 e. The van der Waals surface area contributed by atoms with Crippen LogP contribution in [0.25, 0.3) is 0 Å². The van der Waals surface area contributed by atoms with Crippen LogP contribution < -0.4 is 10.6 Å². The van der Waals surface area contributed by atoms with Gasteiger partial charge in [-0.15, -0.1) is 0 Å². The van der Waals surface area contributed by atoms with Gasteiger partial charge in [0, 0.05) is 13.2 Å². The van der Waals surface area contributed by atoms with Gasteiger partial charge < -0.3 is 15.4 Å². The number of hydrogen-bond donors (Lipinski definition) is 2. The van der Waals surface area contributed by atoms with E-state index in [2.05, 4.69) is 15.6 Å². The molecule has 0 bridgehead atoms. The summed E-state index contributed by atoms with van der Waals surface area (Å²) in [6, 6.07) is 3.08. The highest BCUT2D eigenvalue weighted by molar-refractivity contribution is 5.55. The molecule has 0 amide bonds. The molecule has 0 aromatic carbocycles. The highest BCUT2D eigenvalue weighted by Gasteiger charge is 2.18. The number of pyridine rings is 1. The second kappa shape index (κ2) is 6.33. The molecular weight excluding hydrogens is 248 g/mol. The van der Waals surface area contributed by atoms with E-state index in [0.29, 0.717) is 24.8 Å². The van der Waals surface area contributed by atoms with Crippen molar-refractivity contribution in [1.82, 2.24) is 4.98 Å². The quantitative estimate of drug-likeness (QED) is 0.604. The molecule has 0 radical (unpaired) electrons. The molecule has 1 fully saturated rings. The van der Waals surface area contributed by atoms with E-state index in [4.69, 9.17) is 4.74 Å². The van der Waals surface area contributed by atoms with Crippen LogP contribution in [-0.2, 0) is 4.74 Å². The Bertz CT molecular complexity index is 447. The molecule has 2 heterocycles. The molecular formula is C12H18N4O3. The molecule has 7 nitrogen and oxygen atoms in total. The zero-order chi connectivity index (χ0) is 13.7. The van der Waals surface area contributed by atoms with Gasteiger partial charge in [-0.3, -0.25) is 10.1 Å². The zero-order valence-corrected chi connectivity index (χ0v) is 10.9. The third kappa shape index (κ3) is 3.78. The largest absolute Gasteiger partial charge is 0.379 e. The van der Waals surface area contributed by atoms with E-state index in [9.17, 15) is 10.1 Å². The third-order valence-electron chi connectivity index (χ3n) is 2.86. The lowest BCUT2D eigenvalue weighted by Crippen LogP contribution is -2.20. The number of aromatic nitrogens is 1. The summed E-state index contributed by atoms with van der Waals surface area (Å²) in [7, 11) is 0. The van der Waals surface area contributed by atoms with E-state index < -0.39 is 4.92 Å². The van der Waals surface area contributed by atoms with Crippen molar-refractivity contribution in [3.63, 3.8) is 0 Å². The van der Waals surface area contributed by atoms with Crippen LogP contribution in [0.15, 0.2) is 12.1 Å². The van der Waals surface area contributed by atoms with E-state index in [1.54, 1.807) is 0 Å². The van der Waals surface area contributed by atoms with Crippen molar-refractivity contribution in [3.8, 4) is 0 Å². The number of anilines is 2. The highest BCUT2D eigenvalue weighted by atomic mass is 16.6. The van der Waals surface area contributed by atoms with E-state index in [1.165, 1.54) is 12.1 Å². The molecule has 1 unspecified atom stereocenters. The lowest BCUT2D eigenvalue weighted by atomic mass is 10.2. The molecule has 19 heavy (non-hydrogen) atoms. The Morgan fingerprint density at radius 3 is 2.95 bits per heavy atom. The van der Waals surface area contributed by atoms with Crippen molar-refractivity contribution in [3.05, 3.63) is 22.2 Å². The Hall–Kier alpha value is -1.89. The number of nitrogens with zero attached hydrogens (tertiary/aromatic N) is 2. The van der Waals surface area contributed by atoms with E-state index in [-0.39, 0.29) is 11.7 Å². The molecule has 2 rings (SSSR count). The molecule has 1 aromatic rings. The monoisotopic (exact) mass is 266 g/mol. The SMILES string of the molecule is CCCNc1cc([N+](=O)[O-])cc(NC2CCOC2)n1. The van der Waals surface area contributed by atoms with Gasteiger partial charge in [0.2, 0.25) is 0 Å². The average molecular weight is 266 g/mol. The summed E-state index contributed by atoms with van der Waals surface area (Å²) in [5.41, 5.74) is 0.0371. The average Bonchev–Trinajstić information content (AvgIpc) is 2.89. The fourth-order valence-electron chi connectivity index (χ4n) is 1.90. The van der Waals surface area contributed by atoms with Crippen LogP contribution in [0, 0.1) is 10.1 Å². The van der Waals surface area contributed by atoms with Crippen LogP contribution in [-0.4, -0.2) is 35.7 Å². The van der Waals surface area contributed by atoms with Gasteiger partial charge >= 0.3 is 0 Å². The molecule has 2 N–H and O–H groups in total. The molecule has 1 aliphatic heterocycles. The first-order valence-electron chi connectivity index (χ1n) is 6.43. The Balaban J connectivity index is 2.15. The first-order chi connectivity index (χ1) is 9.19. The first kappa shape index (κ1) is 13.5. The number of nitrogens with one attached hydrogen (secondary N) is 2. The Morgan fingerprint density at radius 2 is 2.32 bits per heavy atom. The van der Waals surface area contributed by atoms with Crippen LogP contribution >= 0.6 is 0 Å². The summed E-state index contributed by atoms with van der Waals surface area (Å²) in [4.78, 5) is 14.8. The van der Waals surface area contributed by atoms with Gasteiger partial charge in [0.15, 0.2) is 0 Å². The maximum absolute atomic E-state index is 10.9. The van der Waals surface area contributed by atoms with E-state index >= 15 is 0 Å². The standard InChI is InChI=1S/C12H18N4O3/c1-2-4-13-11-6-10(16(17)18)7-12(15-11)14-9-3-5-19-8-9/h6-7,9H,2-5,8H2,1H3,(H2,13,14,15). The Kier molecular flexibility index (Phi) is 4.51. The van der Waals surface area contributed by atoms with E-state index in [0.717, 1.165) is 19.4 Å². The summed E-state index contributed by atoms with van der Waals surface area (Å²) in [6.45, 7) is 4.09. The number of ether oxygens (including phenoxy) is 1. The lowest BCUT2D eigenvalue weighted by Gasteiger charge is -2.12. The highest BCUT2D eigenvalue weighted by Crippen LogP contribution is 2.22. The molecule has 104 valence electrons. The second-order valence-electron chi connectivity index (χ2n) is 4.48. The van der Waals surface area contributed by atoms with Gasteiger partial charge in [0.1, 0.15) is 11.6 Å². The number of hydrogen-bond acceptors (Lipinski definition) is 6. The molecule has 1 aromatic heterocycles. The van der Waals surface area contributed by atoms with Crippen molar-refractivity contribution in [2.24, 2.45) is 0 Å². The molecule has 1 atom stereocenters. The van der Waals surface area contributed by atoms with Crippen LogP contribution in [0.5, 0.6) is 0 Å².